The Morgan fingerprint density at radius 2 is 2.35 bits per heavy atom. The van der Waals surface area contributed by atoms with Crippen molar-refractivity contribution in [3.8, 4) is 11.5 Å². The molecule has 1 aliphatic rings. The van der Waals surface area contributed by atoms with E-state index in [9.17, 15) is 0 Å². The standard InChI is InChI=1S/C14H18N4O2/c1-9-11(6-3-7-16-9)14-17-13(18-20-14)12(15)8-19-10-4-2-5-10/h3,6-7,10,12H,2,4-5,8,15H2,1H3. The van der Waals surface area contributed by atoms with Crippen LogP contribution < -0.4 is 5.73 Å². The molecule has 6 heteroatoms. The van der Waals surface area contributed by atoms with Crippen LogP contribution in [0.3, 0.4) is 0 Å². The first-order chi connectivity index (χ1) is 9.74. The van der Waals surface area contributed by atoms with E-state index in [4.69, 9.17) is 15.0 Å². The minimum atomic E-state index is -0.356. The highest BCUT2D eigenvalue weighted by atomic mass is 16.5. The largest absolute Gasteiger partial charge is 0.376 e. The molecule has 0 saturated heterocycles. The summed E-state index contributed by atoms with van der Waals surface area (Å²) in [6, 6.07) is 3.38. The van der Waals surface area contributed by atoms with E-state index >= 15 is 0 Å². The summed E-state index contributed by atoms with van der Waals surface area (Å²) >= 11 is 0. The molecule has 1 unspecified atom stereocenters. The fourth-order valence-corrected chi connectivity index (χ4v) is 2.06. The maximum absolute atomic E-state index is 6.03. The van der Waals surface area contributed by atoms with E-state index in [2.05, 4.69) is 15.1 Å². The Kier molecular flexibility index (Phi) is 3.75. The Hall–Kier alpha value is -1.79. The van der Waals surface area contributed by atoms with Gasteiger partial charge in [0.1, 0.15) is 0 Å². The molecule has 0 spiro atoms. The van der Waals surface area contributed by atoms with Crippen molar-refractivity contribution in [2.24, 2.45) is 5.73 Å². The van der Waals surface area contributed by atoms with Gasteiger partial charge in [-0.05, 0) is 38.3 Å². The van der Waals surface area contributed by atoms with Gasteiger partial charge in [0.05, 0.1) is 24.3 Å². The van der Waals surface area contributed by atoms with Crippen molar-refractivity contribution in [2.45, 2.75) is 38.3 Å². The average Bonchev–Trinajstić information content (AvgIpc) is 2.87. The number of rotatable bonds is 5. The second kappa shape index (κ2) is 5.68. The van der Waals surface area contributed by atoms with Gasteiger partial charge < -0.3 is 15.0 Å². The summed E-state index contributed by atoms with van der Waals surface area (Å²) in [5, 5.41) is 3.94. The topological polar surface area (TPSA) is 87.1 Å². The number of hydrogen-bond acceptors (Lipinski definition) is 6. The summed E-state index contributed by atoms with van der Waals surface area (Å²) in [6.45, 7) is 2.33. The van der Waals surface area contributed by atoms with Gasteiger partial charge in [-0.2, -0.15) is 4.98 Å². The van der Waals surface area contributed by atoms with Gasteiger partial charge in [-0.1, -0.05) is 5.16 Å². The number of aromatic nitrogens is 3. The highest BCUT2D eigenvalue weighted by Crippen LogP contribution is 2.24. The zero-order valence-corrected chi connectivity index (χ0v) is 11.5. The van der Waals surface area contributed by atoms with Crippen molar-refractivity contribution in [1.82, 2.24) is 15.1 Å². The SMILES string of the molecule is Cc1ncccc1-c1nc(C(N)COC2CCC2)no1. The van der Waals surface area contributed by atoms with Gasteiger partial charge >= 0.3 is 0 Å². The minimum Gasteiger partial charge on any atom is -0.376 e. The van der Waals surface area contributed by atoms with E-state index in [1.54, 1.807) is 6.20 Å². The van der Waals surface area contributed by atoms with Gasteiger partial charge in [0.2, 0.25) is 0 Å². The normalized spacial score (nSPS) is 16.9. The van der Waals surface area contributed by atoms with Gasteiger partial charge in [-0.3, -0.25) is 4.98 Å². The van der Waals surface area contributed by atoms with Crippen molar-refractivity contribution >= 4 is 0 Å². The van der Waals surface area contributed by atoms with Gasteiger partial charge in [0.15, 0.2) is 5.82 Å². The zero-order chi connectivity index (χ0) is 13.9. The van der Waals surface area contributed by atoms with E-state index in [1.807, 2.05) is 19.1 Å². The Bertz CT molecular complexity index is 580. The van der Waals surface area contributed by atoms with Gasteiger partial charge in [0.25, 0.3) is 5.89 Å². The predicted octanol–water partition coefficient (Wildman–Crippen LogP) is 2.01. The lowest BCUT2D eigenvalue weighted by atomic mass is 9.96. The van der Waals surface area contributed by atoms with Crippen LogP contribution in [0.25, 0.3) is 11.5 Å². The van der Waals surface area contributed by atoms with Crippen LogP contribution in [0.1, 0.15) is 36.8 Å². The summed E-state index contributed by atoms with van der Waals surface area (Å²) in [5.74, 6) is 0.923. The molecule has 3 rings (SSSR count). The van der Waals surface area contributed by atoms with Crippen molar-refractivity contribution < 1.29 is 9.26 Å². The maximum atomic E-state index is 6.03. The third-order valence-electron chi connectivity index (χ3n) is 3.57. The molecule has 0 bridgehead atoms. The molecular weight excluding hydrogens is 256 g/mol. The third kappa shape index (κ3) is 2.71. The van der Waals surface area contributed by atoms with E-state index in [-0.39, 0.29) is 6.04 Å². The molecule has 1 saturated carbocycles. The maximum Gasteiger partial charge on any atom is 0.259 e. The smallest absolute Gasteiger partial charge is 0.259 e. The number of pyridine rings is 1. The highest BCUT2D eigenvalue weighted by Gasteiger charge is 2.21. The lowest BCUT2D eigenvalue weighted by molar-refractivity contribution is -0.00549. The minimum absolute atomic E-state index is 0.355. The molecule has 20 heavy (non-hydrogen) atoms. The lowest BCUT2D eigenvalue weighted by Crippen LogP contribution is -2.27. The second-order valence-corrected chi connectivity index (χ2v) is 5.09. The van der Waals surface area contributed by atoms with Crippen LogP contribution in [0.15, 0.2) is 22.9 Å². The van der Waals surface area contributed by atoms with Crippen LogP contribution in [0.5, 0.6) is 0 Å². The second-order valence-electron chi connectivity index (χ2n) is 5.09. The summed E-state index contributed by atoms with van der Waals surface area (Å²) in [5.41, 5.74) is 7.71. The first-order valence-electron chi connectivity index (χ1n) is 6.87. The van der Waals surface area contributed by atoms with Crippen molar-refractivity contribution in [1.29, 1.82) is 0 Å². The van der Waals surface area contributed by atoms with Crippen LogP contribution in [0, 0.1) is 6.92 Å². The number of nitrogens with two attached hydrogens (primary N) is 1. The van der Waals surface area contributed by atoms with Gasteiger partial charge in [-0.25, -0.2) is 0 Å². The molecule has 0 amide bonds. The first-order valence-corrected chi connectivity index (χ1v) is 6.87. The van der Waals surface area contributed by atoms with E-state index in [0.29, 0.717) is 24.4 Å². The molecular formula is C14H18N4O2. The molecule has 0 radical (unpaired) electrons. The Morgan fingerprint density at radius 1 is 1.50 bits per heavy atom. The van der Waals surface area contributed by atoms with E-state index < -0.39 is 0 Å². The van der Waals surface area contributed by atoms with E-state index in [0.717, 1.165) is 24.1 Å². The van der Waals surface area contributed by atoms with Gasteiger partial charge in [0, 0.05) is 11.9 Å². The van der Waals surface area contributed by atoms with Crippen LogP contribution in [-0.4, -0.2) is 27.8 Å². The number of nitrogens with zero attached hydrogens (tertiary/aromatic N) is 3. The zero-order valence-electron chi connectivity index (χ0n) is 11.5. The lowest BCUT2D eigenvalue weighted by Gasteiger charge is -2.26. The van der Waals surface area contributed by atoms with Crippen LogP contribution in [0.2, 0.25) is 0 Å². The summed E-state index contributed by atoms with van der Waals surface area (Å²) < 4.78 is 10.9. The van der Waals surface area contributed by atoms with Gasteiger partial charge in [-0.15, -0.1) is 0 Å². The number of aryl methyl sites for hydroxylation is 1. The van der Waals surface area contributed by atoms with Crippen molar-refractivity contribution in [2.75, 3.05) is 6.61 Å². The molecule has 2 N–H and O–H groups in total. The quantitative estimate of drug-likeness (QED) is 0.897. The molecule has 2 heterocycles. The predicted molar refractivity (Wildman–Crippen MR) is 72.8 cm³/mol. The van der Waals surface area contributed by atoms with Crippen molar-refractivity contribution in [3.63, 3.8) is 0 Å². The van der Waals surface area contributed by atoms with E-state index in [1.165, 1.54) is 6.42 Å². The fourth-order valence-electron chi connectivity index (χ4n) is 2.06. The third-order valence-corrected chi connectivity index (χ3v) is 3.57. The van der Waals surface area contributed by atoms with Crippen LogP contribution in [0.4, 0.5) is 0 Å². The fraction of sp³-hybridized carbons (Fsp3) is 0.500. The molecule has 2 aromatic heterocycles. The molecule has 1 aliphatic carbocycles. The molecule has 106 valence electrons. The highest BCUT2D eigenvalue weighted by molar-refractivity contribution is 5.55. The first kappa shape index (κ1) is 13.2. The summed E-state index contributed by atoms with van der Waals surface area (Å²) in [4.78, 5) is 8.54. The monoisotopic (exact) mass is 274 g/mol. The summed E-state index contributed by atoms with van der Waals surface area (Å²) in [6.07, 6.45) is 5.58. The molecule has 0 aliphatic heterocycles. The summed E-state index contributed by atoms with van der Waals surface area (Å²) in [7, 11) is 0. The van der Waals surface area contributed by atoms with Crippen molar-refractivity contribution in [3.05, 3.63) is 29.8 Å². The molecule has 1 atom stereocenters. The van der Waals surface area contributed by atoms with Crippen LogP contribution >= 0.6 is 0 Å². The molecule has 6 nitrogen and oxygen atoms in total. The molecule has 1 fully saturated rings. The average molecular weight is 274 g/mol. The Balaban J connectivity index is 1.68. The number of ether oxygens (including phenoxy) is 1. The molecule has 0 aromatic carbocycles. The molecule has 2 aromatic rings. The van der Waals surface area contributed by atoms with Crippen LogP contribution in [-0.2, 0) is 4.74 Å². The Morgan fingerprint density at radius 3 is 3.05 bits per heavy atom. The number of hydrogen-bond donors (Lipinski definition) is 1. The Labute approximate surface area is 117 Å².